The SMILES string of the molecule is c1cc2nnc(C3CCC3)n2nc1N1CC(CNC2CCOC2)C1. The van der Waals surface area contributed by atoms with Crippen LogP contribution in [-0.4, -0.2) is 58.7 Å². The van der Waals surface area contributed by atoms with Crippen LogP contribution in [0.3, 0.4) is 0 Å². The van der Waals surface area contributed by atoms with Gasteiger partial charge in [-0.05, 0) is 31.4 Å². The smallest absolute Gasteiger partial charge is 0.178 e. The van der Waals surface area contributed by atoms with Gasteiger partial charge in [-0.3, -0.25) is 0 Å². The molecule has 3 fully saturated rings. The first kappa shape index (κ1) is 14.6. The van der Waals surface area contributed by atoms with E-state index in [0.717, 1.165) is 56.6 Å². The monoisotopic (exact) mass is 328 g/mol. The molecule has 5 rings (SSSR count). The predicted octanol–water partition coefficient (Wildman–Crippen LogP) is 1.21. The maximum absolute atomic E-state index is 5.41. The molecule has 3 aliphatic rings. The molecule has 1 N–H and O–H groups in total. The van der Waals surface area contributed by atoms with Crippen molar-refractivity contribution in [2.75, 3.05) is 37.7 Å². The molecule has 0 aromatic carbocycles. The lowest BCUT2D eigenvalue weighted by atomic mass is 9.85. The fourth-order valence-corrected chi connectivity index (χ4v) is 3.80. The molecule has 2 aliphatic heterocycles. The minimum absolute atomic E-state index is 0.546. The largest absolute Gasteiger partial charge is 0.380 e. The summed E-state index contributed by atoms with van der Waals surface area (Å²) >= 11 is 0. The molecule has 1 saturated carbocycles. The molecule has 2 saturated heterocycles. The topological polar surface area (TPSA) is 67.6 Å². The van der Waals surface area contributed by atoms with E-state index in [1.54, 1.807) is 0 Å². The van der Waals surface area contributed by atoms with Crippen molar-refractivity contribution >= 4 is 11.5 Å². The molecule has 1 unspecified atom stereocenters. The first-order valence-electron chi connectivity index (χ1n) is 9.15. The second-order valence-corrected chi connectivity index (χ2v) is 7.39. The van der Waals surface area contributed by atoms with Gasteiger partial charge in [-0.15, -0.1) is 15.3 Å². The maximum atomic E-state index is 5.41. The molecule has 2 aromatic heterocycles. The van der Waals surface area contributed by atoms with Gasteiger partial charge in [-0.2, -0.15) is 4.52 Å². The molecule has 0 radical (unpaired) electrons. The van der Waals surface area contributed by atoms with Crippen molar-refractivity contribution in [2.24, 2.45) is 5.92 Å². The summed E-state index contributed by atoms with van der Waals surface area (Å²) in [6.45, 7) is 4.99. The summed E-state index contributed by atoms with van der Waals surface area (Å²) in [5.41, 5.74) is 0.862. The van der Waals surface area contributed by atoms with Crippen LogP contribution >= 0.6 is 0 Å². The summed E-state index contributed by atoms with van der Waals surface area (Å²) in [6, 6.07) is 4.66. The summed E-state index contributed by atoms with van der Waals surface area (Å²) < 4.78 is 7.37. The van der Waals surface area contributed by atoms with Crippen molar-refractivity contribution in [3.63, 3.8) is 0 Å². The summed E-state index contributed by atoms with van der Waals surface area (Å²) in [5, 5.41) is 17.1. The molecular weight excluding hydrogens is 304 g/mol. The molecular formula is C17H24N6O. The summed E-state index contributed by atoms with van der Waals surface area (Å²) in [6.07, 6.45) is 4.88. The summed E-state index contributed by atoms with van der Waals surface area (Å²) in [7, 11) is 0. The molecule has 1 aliphatic carbocycles. The van der Waals surface area contributed by atoms with Crippen LogP contribution in [0.25, 0.3) is 5.65 Å². The van der Waals surface area contributed by atoms with Crippen molar-refractivity contribution in [2.45, 2.75) is 37.6 Å². The van der Waals surface area contributed by atoms with E-state index in [2.05, 4.69) is 26.5 Å². The Labute approximate surface area is 141 Å². The van der Waals surface area contributed by atoms with Gasteiger partial charge in [-0.25, -0.2) is 0 Å². The Bertz CT molecular complexity index is 715. The lowest BCUT2D eigenvalue weighted by Crippen LogP contribution is -2.52. The van der Waals surface area contributed by atoms with Gasteiger partial charge in [0.2, 0.25) is 0 Å². The first-order valence-corrected chi connectivity index (χ1v) is 9.15. The van der Waals surface area contributed by atoms with E-state index in [0.29, 0.717) is 17.9 Å². The maximum Gasteiger partial charge on any atom is 0.178 e. The molecule has 7 heteroatoms. The fraction of sp³-hybridized carbons (Fsp3) is 0.706. The van der Waals surface area contributed by atoms with Crippen molar-refractivity contribution in [1.82, 2.24) is 25.1 Å². The third kappa shape index (κ3) is 2.56. The Balaban J connectivity index is 1.23. The summed E-state index contributed by atoms with van der Waals surface area (Å²) in [5.74, 6) is 3.33. The zero-order valence-electron chi connectivity index (χ0n) is 13.9. The Hall–Kier alpha value is -1.73. The van der Waals surface area contributed by atoms with Crippen LogP contribution in [0, 0.1) is 5.92 Å². The second-order valence-electron chi connectivity index (χ2n) is 7.39. The molecule has 2 aromatic rings. The van der Waals surface area contributed by atoms with E-state index in [1.807, 2.05) is 10.6 Å². The van der Waals surface area contributed by atoms with Crippen LogP contribution in [-0.2, 0) is 4.74 Å². The normalized spacial score (nSPS) is 25.2. The molecule has 128 valence electrons. The minimum atomic E-state index is 0.546. The third-order valence-corrected chi connectivity index (χ3v) is 5.65. The average molecular weight is 328 g/mol. The van der Waals surface area contributed by atoms with E-state index >= 15 is 0 Å². The molecule has 0 spiro atoms. The lowest BCUT2D eigenvalue weighted by molar-refractivity contribution is 0.188. The van der Waals surface area contributed by atoms with Crippen molar-refractivity contribution in [1.29, 1.82) is 0 Å². The van der Waals surface area contributed by atoms with Gasteiger partial charge in [0, 0.05) is 44.1 Å². The van der Waals surface area contributed by atoms with Crippen molar-refractivity contribution in [3.05, 3.63) is 18.0 Å². The van der Waals surface area contributed by atoms with E-state index in [4.69, 9.17) is 9.84 Å². The van der Waals surface area contributed by atoms with Crippen LogP contribution < -0.4 is 10.2 Å². The van der Waals surface area contributed by atoms with Gasteiger partial charge >= 0.3 is 0 Å². The molecule has 1 atom stereocenters. The molecule has 0 amide bonds. The molecule has 24 heavy (non-hydrogen) atoms. The first-order chi connectivity index (χ1) is 11.9. The number of ether oxygens (including phenoxy) is 1. The Kier molecular flexibility index (Phi) is 3.63. The standard InChI is InChI=1S/C17H24N6O/c1-2-13(3-1)17-20-19-15-4-5-16(21-23(15)17)22-9-12(10-22)8-18-14-6-7-24-11-14/h4-5,12-14,18H,1-3,6-11H2. The quantitative estimate of drug-likeness (QED) is 0.890. The highest BCUT2D eigenvalue weighted by molar-refractivity contribution is 5.47. The van der Waals surface area contributed by atoms with Crippen LogP contribution in [0.15, 0.2) is 12.1 Å². The lowest BCUT2D eigenvalue weighted by Gasteiger charge is -2.40. The minimum Gasteiger partial charge on any atom is -0.380 e. The van der Waals surface area contributed by atoms with Gasteiger partial charge in [-0.1, -0.05) is 6.42 Å². The zero-order valence-corrected chi connectivity index (χ0v) is 13.9. The zero-order chi connectivity index (χ0) is 15.9. The van der Waals surface area contributed by atoms with E-state index < -0.39 is 0 Å². The van der Waals surface area contributed by atoms with Crippen molar-refractivity contribution < 1.29 is 4.74 Å². The number of nitrogens with zero attached hydrogens (tertiary/aromatic N) is 5. The summed E-state index contributed by atoms with van der Waals surface area (Å²) in [4.78, 5) is 2.35. The fourth-order valence-electron chi connectivity index (χ4n) is 3.80. The highest BCUT2D eigenvalue weighted by atomic mass is 16.5. The number of anilines is 1. The van der Waals surface area contributed by atoms with Crippen molar-refractivity contribution in [3.8, 4) is 0 Å². The number of hydrogen-bond donors (Lipinski definition) is 1. The third-order valence-electron chi connectivity index (χ3n) is 5.65. The van der Waals surface area contributed by atoms with E-state index in [9.17, 15) is 0 Å². The van der Waals surface area contributed by atoms with Crippen LogP contribution in [0.5, 0.6) is 0 Å². The number of nitrogens with one attached hydrogen (secondary N) is 1. The number of hydrogen-bond acceptors (Lipinski definition) is 6. The van der Waals surface area contributed by atoms with Gasteiger partial charge in [0.05, 0.1) is 6.61 Å². The Morgan fingerprint density at radius 1 is 1.17 bits per heavy atom. The Morgan fingerprint density at radius 3 is 2.83 bits per heavy atom. The molecule has 0 bridgehead atoms. The highest BCUT2D eigenvalue weighted by Gasteiger charge is 2.30. The van der Waals surface area contributed by atoms with E-state index in [1.165, 1.54) is 19.3 Å². The second kappa shape index (κ2) is 5.97. The Morgan fingerprint density at radius 2 is 2.08 bits per heavy atom. The van der Waals surface area contributed by atoms with E-state index in [-0.39, 0.29) is 0 Å². The van der Waals surface area contributed by atoms with Crippen LogP contribution in [0.1, 0.15) is 37.4 Å². The highest BCUT2D eigenvalue weighted by Crippen LogP contribution is 2.35. The van der Waals surface area contributed by atoms with Crippen LogP contribution in [0.4, 0.5) is 5.82 Å². The van der Waals surface area contributed by atoms with Gasteiger partial charge in [0.25, 0.3) is 0 Å². The van der Waals surface area contributed by atoms with Gasteiger partial charge < -0.3 is 15.0 Å². The average Bonchev–Trinajstić information content (AvgIpc) is 3.14. The molecule has 4 heterocycles. The number of aromatic nitrogens is 4. The van der Waals surface area contributed by atoms with Crippen LogP contribution in [0.2, 0.25) is 0 Å². The van der Waals surface area contributed by atoms with Gasteiger partial charge in [0.1, 0.15) is 5.82 Å². The van der Waals surface area contributed by atoms with Gasteiger partial charge in [0.15, 0.2) is 11.5 Å². The predicted molar refractivity (Wildman–Crippen MR) is 90.3 cm³/mol. The number of fused-ring (bicyclic) bond motifs is 1. The molecule has 7 nitrogen and oxygen atoms in total. The number of rotatable bonds is 5.